The molecule has 0 bridgehead atoms. The molecule has 1 aromatic heterocycles. The number of hydrogen-bond donors (Lipinski definition) is 3. The Morgan fingerprint density at radius 2 is 2.10 bits per heavy atom. The minimum absolute atomic E-state index is 0.0284. The summed E-state index contributed by atoms with van der Waals surface area (Å²) in [5, 5.41) is 14.9. The molecule has 0 radical (unpaired) electrons. The number of aromatic nitrogens is 1. The first-order valence-corrected chi connectivity index (χ1v) is 7.13. The molecule has 2 amide bonds. The van der Waals surface area contributed by atoms with Crippen LogP contribution < -0.4 is 10.6 Å². The molecule has 0 aliphatic heterocycles. The molecule has 0 aromatic carbocycles. The van der Waals surface area contributed by atoms with Crippen molar-refractivity contribution in [2.75, 3.05) is 18.5 Å². The van der Waals surface area contributed by atoms with E-state index in [1.165, 1.54) is 0 Å². The zero-order valence-electron chi connectivity index (χ0n) is 12.6. The summed E-state index contributed by atoms with van der Waals surface area (Å²) in [5.74, 6) is 0. The highest BCUT2D eigenvalue weighted by Crippen LogP contribution is 2.29. The second kappa shape index (κ2) is 7.85. The number of carbonyl (C=O) groups excluding carboxylic acids is 1. The van der Waals surface area contributed by atoms with Crippen LogP contribution in [0.4, 0.5) is 10.5 Å². The van der Waals surface area contributed by atoms with Crippen LogP contribution in [0.5, 0.6) is 0 Å². The van der Waals surface area contributed by atoms with Crippen molar-refractivity contribution in [3.05, 3.63) is 24.0 Å². The lowest BCUT2D eigenvalue weighted by atomic mass is 9.79. The van der Waals surface area contributed by atoms with E-state index in [4.69, 9.17) is 5.11 Å². The standard InChI is InChI=1S/C15H25N3O2/c1-4-15(5-2,7-9-19)11-17-14(20)18-13-6-8-16-10-12(13)3/h6,8,10,19H,4-5,7,9,11H2,1-3H3,(H2,16,17,18,20). The van der Waals surface area contributed by atoms with E-state index < -0.39 is 0 Å². The minimum Gasteiger partial charge on any atom is -0.396 e. The topological polar surface area (TPSA) is 74.2 Å². The molecule has 0 fully saturated rings. The fourth-order valence-corrected chi connectivity index (χ4v) is 2.23. The Kier molecular flexibility index (Phi) is 6.45. The third-order valence-electron chi connectivity index (χ3n) is 4.03. The molecule has 0 saturated carbocycles. The highest BCUT2D eigenvalue weighted by atomic mass is 16.3. The van der Waals surface area contributed by atoms with Crippen molar-refractivity contribution < 1.29 is 9.90 Å². The third-order valence-corrected chi connectivity index (χ3v) is 4.03. The lowest BCUT2D eigenvalue weighted by Crippen LogP contribution is -2.39. The fraction of sp³-hybridized carbons (Fsp3) is 0.600. The first-order valence-electron chi connectivity index (χ1n) is 7.13. The lowest BCUT2D eigenvalue weighted by Gasteiger charge is -2.31. The molecule has 112 valence electrons. The maximum atomic E-state index is 11.9. The molecule has 0 aliphatic rings. The van der Waals surface area contributed by atoms with E-state index in [2.05, 4.69) is 29.5 Å². The molecule has 0 unspecified atom stereocenters. The summed E-state index contributed by atoms with van der Waals surface area (Å²) in [7, 11) is 0. The zero-order chi connectivity index (χ0) is 15.0. The molecule has 0 aliphatic carbocycles. The smallest absolute Gasteiger partial charge is 0.319 e. The van der Waals surface area contributed by atoms with E-state index >= 15 is 0 Å². The van der Waals surface area contributed by atoms with Gasteiger partial charge in [0.15, 0.2) is 0 Å². The van der Waals surface area contributed by atoms with Gasteiger partial charge in [0.25, 0.3) is 0 Å². The number of hydrogen-bond acceptors (Lipinski definition) is 3. The number of nitrogens with one attached hydrogen (secondary N) is 2. The molecule has 1 heterocycles. The molecule has 0 saturated heterocycles. The van der Waals surface area contributed by atoms with Gasteiger partial charge in [-0.1, -0.05) is 13.8 Å². The molecule has 20 heavy (non-hydrogen) atoms. The summed E-state index contributed by atoms with van der Waals surface area (Å²) in [6.45, 7) is 6.79. The minimum atomic E-state index is -0.219. The Balaban J connectivity index is 2.56. The SMILES string of the molecule is CCC(CC)(CCO)CNC(=O)Nc1ccncc1C. The Morgan fingerprint density at radius 3 is 2.65 bits per heavy atom. The summed E-state index contributed by atoms with van der Waals surface area (Å²) in [4.78, 5) is 15.9. The van der Waals surface area contributed by atoms with Crippen LogP contribution in [0.15, 0.2) is 18.5 Å². The van der Waals surface area contributed by atoms with Crippen molar-refractivity contribution >= 4 is 11.7 Å². The Morgan fingerprint density at radius 1 is 1.40 bits per heavy atom. The quantitative estimate of drug-likeness (QED) is 0.718. The largest absolute Gasteiger partial charge is 0.396 e. The number of rotatable bonds is 7. The van der Waals surface area contributed by atoms with Crippen molar-refractivity contribution in [3.63, 3.8) is 0 Å². The monoisotopic (exact) mass is 279 g/mol. The summed E-state index contributed by atoms with van der Waals surface area (Å²) in [6.07, 6.45) is 5.92. The molecule has 5 heteroatoms. The van der Waals surface area contributed by atoms with Crippen LogP contribution in [0.25, 0.3) is 0 Å². The number of carbonyl (C=O) groups is 1. The second-order valence-electron chi connectivity index (χ2n) is 5.18. The maximum absolute atomic E-state index is 11.9. The maximum Gasteiger partial charge on any atom is 0.319 e. The van der Waals surface area contributed by atoms with Gasteiger partial charge in [-0.25, -0.2) is 4.79 Å². The van der Waals surface area contributed by atoms with Gasteiger partial charge in [0.2, 0.25) is 0 Å². The predicted octanol–water partition coefficient (Wildman–Crippen LogP) is 2.70. The molecule has 0 atom stereocenters. The van der Waals surface area contributed by atoms with Crippen LogP contribution in [0.1, 0.15) is 38.7 Å². The molecular formula is C15H25N3O2. The number of nitrogens with zero attached hydrogens (tertiary/aromatic N) is 1. The Hall–Kier alpha value is -1.62. The van der Waals surface area contributed by atoms with E-state index in [1.54, 1.807) is 18.5 Å². The summed E-state index contributed by atoms with van der Waals surface area (Å²) in [5.41, 5.74) is 1.66. The van der Waals surface area contributed by atoms with Gasteiger partial charge >= 0.3 is 6.03 Å². The van der Waals surface area contributed by atoms with Crippen molar-refractivity contribution in [1.82, 2.24) is 10.3 Å². The number of amides is 2. The molecule has 3 N–H and O–H groups in total. The van der Waals surface area contributed by atoms with Crippen LogP contribution in [0.2, 0.25) is 0 Å². The number of aryl methyl sites for hydroxylation is 1. The van der Waals surface area contributed by atoms with Crippen LogP contribution in [0.3, 0.4) is 0 Å². The van der Waals surface area contributed by atoms with Crippen molar-refractivity contribution in [3.8, 4) is 0 Å². The predicted molar refractivity (Wildman–Crippen MR) is 80.7 cm³/mol. The van der Waals surface area contributed by atoms with Gasteiger partial charge in [-0.05, 0) is 43.2 Å². The number of pyridine rings is 1. The molecule has 0 spiro atoms. The lowest BCUT2D eigenvalue weighted by molar-refractivity contribution is 0.165. The first-order chi connectivity index (χ1) is 9.56. The van der Waals surface area contributed by atoms with Gasteiger partial charge in [-0.3, -0.25) is 4.98 Å². The van der Waals surface area contributed by atoms with Gasteiger partial charge in [0.05, 0.1) is 0 Å². The number of aliphatic hydroxyl groups is 1. The number of aliphatic hydroxyl groups excluding tert-OH is 1. The first kappa shape index (κ1) is 16.4. The Labute approximate surface area is 120 Å². The zero-order valence-corrected chi connectivity index (χ0v) is 12.6. The molecule has 1 rings (SSSR count). The van der Waals surface area contributed by atoms with Crippen LogP contribution in [-0.4, -0.2) is 29.3 Å². The number of urea groups is 1. The Bertz CT molecular complexity index is 431. The highest BCUT2D eigenvalue weighted by molar-refractivity contribution is 5.89. The van der Waals surface area contributed by atoms with Gasteiger partial charge in [-0.2, -0.15) is 0 Å². The van der Waals surface area contributed by atoms with Crippen molar-refractivity contribution in [2.45, 2.75) is 40.0 Å². The average Bonchev–Trinajstić information content (AvgIpc) is 2.46. The normalized spacial score (nSPS) is 11.2. The van der Waals surface area contributed by atoms with Crippen LogP contribution in [0, 0.1) is 12.3 Å². The average molecular weight is 279 g/mol. The van der Waals surface area contributed by atoms with Crippen LogP contribution >= 0.6 is 0 Å². The number of anilines is 1. The third kappa shape index (κ3) is 4.49. The molecule has 5 nitrogen and oxygen atoms in total. The fourth-order valence-electron chi connectivity index (χ4n) is 2.23. The van der Waals surface area contributed by atoms with Gasteiger partial charge in [-0.15, -0.1) is 0 Å². The van der Waals surface area contributed by atoms with Crippen LogP contribution in [-0.2, 0) is 0 Å². The van der Waals surface area contributed by atoms with E-state index in [-0.39, 0.29) is 18.1 Å². The van der Waals surface area contributed by atoms with Gasteiger partial charge in [0, 0.05) is 31.2 Å². The summed E-state index contributed by atoms with van der Waals surface area (Å²) in [6, 6.07) is 1.55. The molecule has 1 aromatic rings. The highest BCUT2D eigenvalue weighted by Gasteiger charge is 2.26. The van der Waals surface area contributed by atoms with Crippen molar-refractivity contribution in [1.29, 1.82) is 0 Å². The van der Waals surface area contributed by atoms with E-state index in [9.17, 15) is 4.79 Å². The van der Waals surface area contributed by atoms with E-state index in [1.807, 2.05) is 6.92 Å². The second-order valence-corrected chi connectivity index (χ2v) is 5.18. The van der Waals surface area contributed by atoms with Crippen molar-refractivity contribution in [2.24, 2.45) is 5.41 Å². The summed E-state index contributed by atoms with van der Waals surface area (Å²) >= 11 is 0. The van der Waals surface area contributed by atoms with E-state index in [0.717, 1.165) is 24.1 Å². The van der Waals surface area contributed by atoms with Gasteiger partial charge < -0.3 is 15.7 Å². The molecular weight excluding hydrogens is 254 g/mol. The van der Waals surface area contributed by atoms with E-state index in [0.29, 0.717) is 13.0 Å². The summed E-state index contributed by atoms with van der Waals surface area (Å²) < 4.78 is 0. The van der Waals surface area contributed by atoms with Gasteiger partial charge in [0.1, 0.15) is 0 Å².